The lowest BCUT2D eigenvalue weighted by atomic mass is 9.95. The first kappa shape index (κ1) is 16.6. The number of benzene rings is 1. The number of carbonyl (C=O) groups excluding carboxylic acids is 2. The molecule has 1 aliphatic heterocycles. The summed E-state index contributed by atoms with van der Waals surface area (Å²) in [6, 6.07) is 9.48. The third kappa shape index (κ3) is 4.20. The van der Waals surface area contributed by atoms with Crippen molar-refractivity contribution in [2.24, 2.45) is 5.92 Å². The number of piperidine rings is 1. The Kier molecular flexibility index (Phi) is 5.25. The average molecular weight is 343 g/mol. The minimum atomic E-state index is -0.0317. The molecule has 1 aliphatic rings. The SMILES string of the molecule is Cc1nc(CC(=O)N2CCC(C(=O)Nc3ccccc3)CC2)cs1. The molecular weight excluding hydrogens is 322 g/mol. The van der Waals surface area contributed by atoms with Crippen LogP contribution in [-0.2, 0) is 16.0 Å². The van der Waals surface area contributed by atoms with Gasteiger partial charge in [0.25, 0.3) is 0 Å². The smallest absolute Gasteiger partial charge is 0.228 e. The molecule has 0 radical (unpaired) electrons. The van der Waals surface area contributed by atoms with Crippen molar-refractivity contribution in [1.29, 1.82) is 0 Å². The van der Waals surface area contributed by atoms with Crippen LogP contribution in [0.4, 0.5) is 5.69 Å². The number of aromatic nitrogens is 1. The Morgan fingerprint density at radius 2 is 1.96 bits per heavy atom. The van der Waals surface area contributed by atoms with Gasteiger partial charge in [-0.1, -0.05) is 18.2 Å². The molecule has 6 heteroatoms. The molecule has 0 saturated carbocycles. The number of nitrogens with zero attached hydrogens (tertiary/aromatic N) is 2. The minimum absolute atomic E-state index is 0.0317. The minimum Gasteiger partial charge on any atom is -0.342 e. The molecule has 24 heavy (non-hydrogen) atoms. The number of thiazole rings is 1. The maximum Gasteiger partial charge on any atom is 0.228 e. The summed E-state index contributed by atoms with van der Waals surface area (Å²) in [6.45, 7) is 3.21. The molecule has 5 nitrogen and oxygen atoms in total. The van der Waals surface area contributed by atoms with E-state index < -0.39 is 0 Å². The van der Waals surface area contributed by atoms with E-state index in [2.05, 4.69) is 10.3 Å². The lowest BCUT2D eigenvalue weighted by molar-refractivity contribution is -0.133. The van der Waals surface area contributed by atoms with Crippen molar-refractivity contribution in [2.75, 3.05) is 18.4 Å². The van der Waals surface area contributed by atoms with E-state index in [-0.39, 0.29) is 17.7 Å². The highest BCUT2D eigenvalue weighted by atomic mass is 32.1. The third-order valence-corrected chi connectivity index (χ3v) is 5.08. The number of hydrogen-bond acceptors (Lipinski definition) is 4. The summed E-state index contributed by atoms with van der Waals surface area (Å²) in [7, 11) is 0. The maximum atomic E-state index is 12.3. The number of rotatable bonds is 4. The Bertz CT molecular complexity index is 706. The van der Waals surface area contributed by atoms with Gasteiger partial charge in [0.2, 0.25) is 11.8 Å². The van der Waals surface area contributed by atoms with Crippen molar-refractivity contribution in [3.63, 3.8) is 0 Å². The first-order valence-corrected chi connectivity index (χ1v) is 9.04. The second-order valence-electron chi connectivity index (χ2n) is 6.04. The number of para-hydroxylation sites is 1. The van der Waals surface area contributed by atoms with E-state index >= 15 is 0 Å². The van der Waals surface area contributed by atoms with Gasteiger partial charge in [-0.15, -0.1) is 11.3 Å². The number of carbonyl (C=O) groups is 2. The van der Waals surface area contributed by atoms with Crippen molar-refractivity contribution in [1.82, 2.24) is 9.88 Å². The first-order chi connectivity index (χ1) is 11.6. The Morgan fingerprint density at radius 1 is 1.25 bits per heavy atom. The first-order valence-electron chi connectivity index (χ1n) is 8.16. The number of amides is 2. The summed E-state index contributed by atoms with van der Waals surface area (Å²) < 4.78 is 0. The molecule has 0 bridgehead atoms. The average Bonchev–Trinajstić information content (AvgIpc) is 3.00. The number of anilines is 1. The zero-order valence-electron chi connectivity index (χ0n) is 13.7. The summed E-state index contributed by atoms with van der Waals surface area (Å²) in [5.74, 6) is 0.112. The van der Waals surface area contributed by atoms with Gasteiger partial charge < -0.3 is 10.2 Å². The Balaban J connectivity index is 1.48. The fraction of sp³-hybridized carbons (Fsp3) is 0.389. The zero-order valence-corrected chi connectivity index (χ0v) is 14.5. The molecule has 126 valence electrons. The zero-order chi connectivity index (χ0) is 16.9. The Labute approximate surface area is 145 Å². The van der Waals surface area contributed by atoms with Crippen molar-refractivity contribution in [3.8, 4) is 0 Å². The van der Waals surface area contributed by atoms with E-state index in [0.29, 0.717) is 32.4 Å². The van der Waals surface area contributed by atoms with Crippen LogP contribution in [-0.4, -0.2) is 34.8 Å². The van der Waals surface area contributed by atoms with Crippen LogP contribution < -0.4 is 5.32 Å². The van der Waals surface area contributed by atoms with Gasteiger partial charge in [0.05, 0.1) is 17.1 Å². The Hall–Kier alpha value is -2.21. The molecule has 1 N–H and O–H groups in total. The van der Waals surface area contributed by atoms with E-state index in [4.69, 9.17) is 0 Å². The molecule has 2 aromatic rings. The van der Waals surface area contributed by atoms with E-state index in [0.717, 1.165) is 16.4 Å². The molecule has 0 unspecified atom stereocenters. The van der Waals surface area contributed by atoms with Crippen LogP contribution in [0, 0.1) is 12.8 Å². The normalized spacial score (nSPS) is 15.3. The molecular formula is C18H21N3O2S. The summed E-state index contributed by atoms with van der Waals surface area (Å²) in [6.07, 6.45) is 1.77. The van der Waals surface area contributed by atoms with Crippen LogP contribution in [0.25, 0.3) is 0 Å². The highest BCUT2D eigenvalue weighted by molar-refractivity contribution is 7.09. The quantitative estimate of drug-likeness (QED) is 0.928. The summed E-state index contributed by atoms with van der Waals surface area (Å²) in [5, 5.41) is 5.87. The predicted octanol–water partition coefficient (Wildman–Crippen LogP) is 2.87. The fourth-order valence-electron chi connectivity index (χ4n) is 2.91. The van der Waals surface area contributed by atoms with Gasteiger partial charge in [-0.2, -0.15) is 0 Å². The van der Waals surface area contributed by atoms with Crippen LogP contribution >= 0.6 is 11.3 Å². The van der Waals surface area contributed by atoms with Gasteiger partial charge in [0.1, 0.15) is 0 Å². The lowest BCUT2D eigenvalue weighted by Crippen LogP contribution is -2.42. The summed E-state index contributed by atoms with van der Waals surface area (Å²) >= 11 is 1.56. The van der Waals surface area contributed by atoms with Gasteiger partial charge in [0, 0.05) is 30.1 Å². The monoisotopic (exact) mass is 343 g/mol. The number of hydrogen-bond donors (Lipinski definition) is 1. The third-order valence-electron chi connectivity index (χ3n) is 4.26. The molecule has 3 rings (SSSR count). The Morgan fingerprint density at radius 3 is 2.58 bits per heavy atom. The molecule has 1 aromatic carbocycles. The molecule has 0 atom stereocenters. The largest absolute Gasteiger partial charge is 0.342 e. The summed E-state index contributed by atoms with van der Waals surface area (Å²) in [4.78, 5) is 30.8. The van der Waals surface area contributed by atoms with Gasteiger partial charge in [-0.05, 0) is 31.9 Å². The van der Waals surface area contributed by atoms with Crippen molar-refractivity contribution >= 4 is 28.8 Å². The standard InChI is InChI=1S/C18H21N3O2S/c1-13-19-16(12-24-13)11-17(22)21-9-7-14(8-10-21)18(23)20-15-5-3-2-4-6-15/h2-6,12,14H,7-11H2,1H3,(H,20,23). The molecule has 1 saturated heterocycles. The highest BCUT2D eigenvalue weighted by Gasteiger charge is 2.27. The molecule has 1 fully saturated rings. The van der Waals surface area contributed by atoms with Gasteiger partial charge >= 0.3 is 0 Å². The number of nitrogens with one attached hydrogen (secondary N) is 1. The highest BCUT2D eigenvalue weighted by Crippen LogP contribution is 2.20. The van der Waals surface area contributed by atoms with Gasteiger partial charge in [-0.3, -0.25) is 9.59 Å². The van der Waals surface area contributed by atoms with E-state index in [1.54, 1.807) is 11.3 Å². The molecule has 0 spiro atoms. The second kappa shape index (κ2) is 7.57. The predicted molar refractivity (Wildman–Crippen MR) is 94.9 cm³/mol. The lowest BCUT2D eigenvalue weighted by Gasteiger charge is -2.31. The molecule has 1 aromatic heterocycles. The maximum absolute atomic E-state index is 12.3. The van der Waals surface area contributed by atoms with Crippen LogP contribution in [0.15, 0.2) is 35.7 Å². The summed E-state index contributed by atoms with van der Waals surface area (Å²) in [5.41, 5.74) is 1.66. The van der Waals surface area contributed by atoms with Crippen molar-refractivity contribution in [3.05, 3.63) is 46.4 Å². The van der Waals surface area contributed by atoms with E-state index in [9.17, 15) is 9.59 Å². The van der Waals surface area contributed by atoms with Crippen molar-refractivity contribution < 1.29 is 9.59 Å². The van der Waals surface area contributed by atoms with E-state index in [1.807, 2.05) is 47.5 Å². The second-order valence-corrected chi connectivity index (χ2v) is 7.11. The van der Waals surface area contributed by atoms with Gasteiger partial charge in [-0.25, -0.2) is 4.98 Å². The number of aryl methyl sites for hydroxylation is 1. The topological polar surface area (TPSA) is 62.3 Å². The van der Waals surface area contributed by atoms with E-state index in [1.165, 1.54) is 0 Å². The number of likely N-dealkylation sites (tertiary alicyclic amines) is 1. The van der Waals surface area contributed by atoms with Gasteiger partial charge in [0.15, 0.2) is 0 Å². The molecule has 2 amide bonds. The van der Waals surface area contributed by atoms with Crippen LogP contribution in [0.5, 0.6) is 0 Å². The molecule has 0 aliphatic carbocycles. The van der Waals surface area contributed by atoms with Crippen LogP contribution in [0.2, 0.25) is 0 Å². The fourth-order valence-corrected chi connectivity index (χ4v) is 3.53. The molecule has 2 heterocycles. The van der Waals surface area contributed by atoms with Crippen LogP contribution in [0.3, 0.4) is 0 Å². The van der Waals surface area contributed by atoms with Crippen molar-refractivity contribution in [2.45, 2.75) is 26.2 Å². The van der Waals surface area contributed by atoms with Crippen LogP contribution in [0.1, 0.15) is 23.5 Å².